The lowest BCUT2D eigenvalue weighted by molar-refractivity contribution is -0.120. The smallest absolute Gasteiger partial charge is 0.335 e. The van der Waals surface area contributed by atoms with Crippen LogP contribution in [0.5, 0.6) is 5.75 Å². The van der Waals surface area contributed by atoms with E-state index in [1.807, 2.05) is 24.3 Å². The highest BCUT2D eigenvalue weighted by Gasteiger charge is 2.12. The number of hydrogen-bond donors (Lipinski definition) is 2. The highest BCUT2D eigenvalue weighted by Crippen LogP contribution is 2.18. The van der Waals surface area contributed by atoms with Gasteiger partial charge in [-0.05, 0) is 35.2 Å². The van der Waals surface area contributed by atoms with Crippen molar-refractivity contribution in [3.63, 3.8) is 0 Å². The lowest BCUT2D eigenvalue weighted by atomic mass is 10.0. The van der Waals surface area contributed by atoms with Crippen molar-refractivity contribution in [2.24, 2.45) is 0 Å². The van der Waals surface area contributed by atoms with Crippen LogP contribution in [-0.2, 0) is 11.2 Å². The van der Waals surface area contributed by atoms with Gasteiger partial charge in [0.2, 0.25) is 5.91 Å². The van der Waals surface area contributed by atoms with Gasteiger partial charge < -0.3 is 15.2 Å². The van der Waals surface area contributed by atoms with E-state index >= 15 is 0 Å². The maximum atomic E-state index is 12.0. The Bertz CT molecular complexity index is 723. The maximum Gasteiger partial charge on any atom is 0.335 e. The molecular formula is C20H23NO4. The van der Waals surface area contributed by atoms with Crippen LogP contribution in [0.25, 0.3) is 0 Å². The molecule has 25 heavy (non-hydrogen) atoms. The Morgan fingerprint density at radius 1 is 1.08 bits per heavy atom. The molecule has 0 atom stereocenters. The number of rotatable bonds is 8. The first-order valence-corrected chi connectivity index (χ1v) is 8.28. The van der Waals surface area contributed by atoms with E-state index in [9.17, 15) is 9.59 Å². The minimum atomic E-state index is -1.03. The topological polar surface area (TPSA) is 75.6 Å². The van der Waals surface area contributed by atoms with Gasteiger partial charge in [0.05, 0.1) is 18.5 Å². The normalized spacial score (nSPS) is 10.5. The van der Waals surface area contributed by atoms with E-state index in [1.165, 1.54) is 11.6 Å². The van der Waals surface area contributed by atoms with Crippen LogP contribution < -0.4 is 10.1 Å². The summed E-state index contributed by atoms with van der Waals surface area (Å²) in [5, 5.41) is 11.9. The summed E-state index contributed by atoms with van der Waals surface area (Å²) in [6.07, 6.45) is 0.0333. The van der Waals surface area contributed by atoms with Gasteiger partial charge in [-0.15, -0.1) is 0 Å². The molecule has 5 heteroatoms. The molecule has 0 saturated heterocycles. The summed E-state index contributed by atoms with van der Waals surface area (Å²) in [4.78, 5) is 23.1. The number of carboxylic acids is 1. The van der Waals surface area contributed by atoms with Crippen molar-refractivity contribution in [1.82, 2.24) is 5.32 Å². The van der Waals surface area contributed by atoms with Crippen LogP contribution in [-0.4, -0.2) is 30.1 Å². The van der Waals surface area contributed by atoms with Crippen molar-refractivity contribution in [1.29, 1.82) is 0 Å². The summed E-state index contributed by atoms with van der Waals surface area (Å²) in [7, 11) is 0. The van der Waals surface area contributed by atoms with Crippen molar-refractivity contribution in [3.05, 3.63) is 65.2 Å². The Hall–Kier alpha value is -2.82. The Balaban J connectivity index is 1.76. The number of nitrogens with one attached hydrogen (secondary N) is 1. The van der Waals surface area contributed by atoms with E-state index in [1.54, 1.807) is 18.2 Å². The minimum Gasteiger partial charge on any atom is -0.492 e. The molecule has 2 aromatic rings. The molecule has 0 aromatic heterocycles. The lowest BCUT2D eigenvalue weighted by Crippen LogP contribution is -2.29. The first-order valence-electron chi connectivity index (χ1n) is 8.28. The first kappa shape index (κ1) is 18.5. The molecular weight excluding hydrogens is 318 g/mol. The number of aromatic carboxylic acids is 1. The highest BCUT2D eigenvalue weighted by atomic mass is 16.5. The number of carbonyl (C=O) groups excluding carboxylic acids is 1. The van der Waals surface area contributed by atoms with Crippen LogP contribution in [0.1, 0.15) is 41.3 Å². The molecule has 132 valence electrons. The number of hydrogen-bond acceptors (Lipinski definition) is 3. The second-order valence-corrected chi connectivity index (χ2v) is 6.06. The van der Waals surface area contributed by atoms with Gasteiger partial charge in [0.15, 0.2) is 0 Å². The van der Waals surface area contributed by atoms with Gasteiger partial charge in [-0.25, -0.2) is 4.79 Å². The molecule has 0 heterocycles. The predicted octanol–water partition coefficient (Wildman–Crippen LogP) is 3.25. The fourth-order valence-electron chi connectivity index (χ4n) is 2.43. The largest absolute Gasteiger partial charge is 0.492 e. The predicted molar refractivity (Wildman–Crippen MR) is 96.1 cm³/mol. The molecule has 0 unspecified atom stereocenters. The summed E-state index contributed by atoms with van der Waals surface area (Å²) in [5.41, 5.74) is 1.90. The Labute approximate surface area is 147 Å². The average Bonchev–Trinajstić information content (AvgIpc) is 2.59. The van der Waals surface area contributed by atoms with Crippen LogP contribution in [0, 0.1) is 0 Å². The van der Waals surface area contributed by atoms with Crippen molar-refractivity contribution >= 4 is 11.9 Å². The quantitative estimate of drug-likeness (QED) is 0.723. The zero-order valence-corrected chi connectivity index (χ0v) is 14.5. The number of ether oxygens (including phenoxy) is 1. The molecule has 0 aliphatic carbocycles. The third kappa shape index (κ3) is 5.64. The van der Waals surface area contributed by atoms with Crippen molar-refractivity contribution in [2.45, 2.75) is 26.2 Å². The van der Waals surface area contributed by atoms with E-state index in [0.717, 1.165) is 5.75 Å². The van der Waals surface area contributed by atoms with Gasteiger partial charge in [-0.3, -0.25) is 4.79 Å². The Morgan fingerprint density at radius 3 is 2.40 bits per heavy atom. The maximum absolute atomic E-state index is 12.0. The third-order valence-electron chi connectivity index (χ3n) is 3.84. The molecule has 2 rings (SSSR count). The highest BCUT2D eigenvalue weighted by molar-refractivity contribution is 5.91. The second kappa shape index (κ2) is 8.87. The third-order valence-corrected chi connectivity index (χ3v) is 3.84. The summed E-state index contributed by atoms with van der Waals surface area (Å²) in [6.45, 7) is 4.98. The van der Waals surface area contributed by atoms with E-state index in [4.69, 9.17) is 9.84 Å². The van der Waals surface area contributed by atoms with Gasteiger partial charge in [-0.2, -0.15) is 0 Å². The number of amides is 1. The molecule has 2 aromatic carbocycles. The van der Waals surface area contributed by atoms with E-state index in [2.05, 4.69) is 19.2 Å². The van der Waals surface area contributed by atoms with Crippen LogP contribution in [0.3, 0.4) is 0 Å². The number of benzene rings is 2. The SMILES string of the molecule is CC(C)c1ccc(OCCNC(=O)Cc2ccccc2C(=O)O)cc1. The summed E-state index contributed by atoms with van der Waals surface area (Å²) in [5.74, 6) is -0.0269. The van der Waals surface area contributed by atoms with Gasteiger partial charge in [-0.1, -0.05) is 44.2 Å². The molecule has 0 fully saturated rings. The molecule has 0 aliphatic rings. The molecule has 0 radical (unpaired) electrons. The van der Waals surface area contributed by atoms with Gasteiger partial charge in [0.1, 0.15) is 12.4 Å². The van der Waals surface area contributed by atoms with E-state index in [0.29, 0.717) is 24.6 Å². The van der Waals surface area contributed by atoms with Crippen molar-refractivity contribution in [3.8, 4) is 5.75 Å². The molecule has 0 aliphatic heterocycles. The molecule has 0 spiro atoms. The zero-order chi connectivity index (χ0) is 18.2. The van der Waals surface area contributed by atoms with Crippen molar-refractivity contribution in [2.75, 3.05) is 13.2 Å². The fourth-order valence-corrected chi connectivity index (χ4v) is 2.43. The average molecular weight is 341 g/mol. The van der Waals surface area contributed by atoms with Gasteiger partial charge in [0.25, 0.3) is 0 Å². The monoisotopic (exact) mass is 341 g/mol. The lowest BCUT2D eigenvalue weighted by Gasteiger charge is -2.10. The van der Waals surface area contributed by atoms with E-state index < -0.39 is 5.97 Å². The van der Waals surface area contributed by atoms with Crippen molar-refractivity contribution < 1.29 is 19.4 Å². The molecule has 0 saturated carbocycles. The standard InChI is InChI=1S/C20H23NO4/c1-14(2)15-7-9-17(10-8-15)25-12-11-21-19(22)13-16-5-3-4-6-18(16)20(23)24/h3-10,14H,11-13H2,1-2H3,(H,21,22)(H,23,24). The zero-order valence-electron chi connectivity index (χ0n) is 14.5. The molecule has 0 bridgehead atoms. The minimum absolute atomic E-state index is 0.0333. The number of carbonyl (C=O) groups is 2. The Morgan fingerprint density at radius 2 is 1.76 bits per heavy atom. The second-order valence-electron chi connectivity index (χ2n) is 6.06. The Kier molecular flexibility index (Phi) is 6.57. The van der Waals surface area contributed by atoms with Gasteiger partial charge >= 0.3 is 5.97 Å². The number of carboxylic acid groups (broad SMARTS) is 1. The van der Waals surface area contributed by atoms with Crippen LogP contribution in [0.15, 0.2) is 48.5 Å². The summed E-state index contributed by atoms with van der Waals surface area (Å²) >= 11 is 0. The van der Waals surface area contributed by atoms with Crippen LogP contribution in [0.4, 0.5) is 0 Å². The van der Waals surface area contributed by atoms with E-state index in [-0.39, 0.29) is 17.9 Å². The van der Waals surface area contributed by atoms with Crippen LogP contribution in [0.2, 0.25) is 0 Å². The molecule has 1 amide bonds. The molecule has 2 N–H and O–H groups in total. The van der Waals surface area contributed by atoms with Gasteiger partial charge in [0, 0.05) is 0 Å². The van der Waals surface area contributed by atoms with Crippen LogP contribution >= 0.6 is 0 Å². The summed E-state index contributed by atoms with van der Waals surface area (Å²) in [6, 6.07) is 14.4. The first-order chi connectivity index (χ1) is 12.0. The summed E-state index contributed by atoms with van der Waals surface area (Å²) < 4.78 is 5.59. The molecule has 5 nitrogen and oxygen atoms in total. The fraction of sp³-hybridized carbons (Fsp3) is 0.300.